The lowest BCUT2D eigenvalue weighted by molar-refractivity contribution is 0.556. The molecule has 0 radical (unpaired) electrons. The normalized spacial score (nSPS) is 14.2. The number of anilines is 5. The minimum absolute atomic E-state index is 0. The first-order valence-corrected chi connectivity index (χ1v) is 15.8. The molecule has 4 aromatic rings. The second-order valence-electron chi connectivity index (χ2n) is 9.78. The summed E-state index contributed by atoms with van der Waals surface area (Å²) in [6, 6.07) is 11.8. The van der Waals surface area contributed by atoms with Crippen LogP contribution in [0.2, 0.25) is 0 Å². The number of rotatable bonds is 7. The van der Waals surface area contributed by atoms with E-state index in [0.717, 1.165) is 62.8 Å². The monoisotopic (exact) mass is 673 g/mol. The molecule has 0 atom stereocenters. The molecule has 6 rings (SSSR count). The Morgan fingerprint density at radius 3 is 1.80 bits per heavy atom. The summed E-state index contributed by atoms with van der Waals surface area (Å²) in [6.07, 6.45) is 8.68. The van der Waals surface area contributed by atoms with Gasteiger partial charge in [-0.25, -0.2) is 8.42 Å². The van der Waals surface area contributed by atoms with E-state index in [9.17, 15) is 8.42 Å². The molecule has 17 heteroatoms. The third-order valence-corrected chi connectivity index (χ3v) is 8.40. The number of sulfonamides is 1. The summed E-state index contributed by atoms with van der Waals surface area (Å²) in [4.78, 5) is 18.9. The van der Waals surface area contributed by atoms with Gasteiger partial charge in [0.05, 0.1) is 22.3 Å². The molecule has 4 heterocycles. The smallest absolute Gasteiger partial charge is 0.261 e. The first kappa shape index (κ1) is 39.2. The summed E-state index contributed by atoms with van der Waals surface area (Å²) >= 11 is 0. The Labute approximate surface area is 277 Å². The number of hydrogen-bond acceptors (Lipinski definition) is 13. The number of halogens is 1. The van der Waals surface area contributed by atoms with Gasteiger partial charge in [-0.2, -0.15) is 20.1 Å². The van der Waals surface area contributed by atoms with E-state index >= 15 is 0 Å². The van der Waals surface area contributed by atoms with E-state index < -0.39 is 10.0 Å². The van der Waals surface area contributed by atoms with Crippen LogP contribution in [0.1, 0.15) is 44.2 Å². The zero-order valence-corrected chi connectivity index (χ0v) is 27.7. The Hall–Kier alpha value is -3.80. The van der Waals surface area contributed by atoms with Gasteiger partial charge in [-0.1, -0.05) is 0 Å². The lowest BCUT2D eigenvalue weighted by Gasteiger charge is -2.30. The summed E-state index contributed by atoms with van der Waals surface area (Å²) in [5, 5.41) is 11.0. The third kappa shape index (κ3) is 10.1. The maximum absolute atomic E-state index is 13.0. The summed E-state index contributed by atoms with van der Waals surface area (Å²) in [5.74, 6) is 1.85. The number of benzene rings is 2. The van der Waals surface area contributed by atoms with Crippen LogP contribution in [0, 0.1) is 0 Å². The number of H-pyrrole nitrogens is 1. The number of aromatic amines is 1. The Morgan fingerprint density at radius 2 is 1.27 bits per heavy atom. The molecular formula is C28H56ClN13O2S. The van der Waals surface area contributed by atoms with Crippen molar-refractivity contribution in [3.05, 3.63) is 48.7 Å². The number of hydrogen-bond donors (Lipinski definition) is 7. The van der Waals surface area contributed by atoms with Crippen LogP contribution in [0.15, 0.2) is 53.6 Å². The molecule has 0 saturated carbocycles. The quantitative estimate of drug-likeness (QED) is 0.134. The highest BCUT2D eigenvalue weighted by Gasteiger charge is 2.21. The van der Waals surface area contributed by atoms with Crippen molar-refractivity contribution in [2.45, 2.75) is 43.4 Å². The van der Waals surface area contributed by atoms with Crippen LogP contribution in [0.5, 0.6) is 0 Å². The van der Waals surface area contributed by atoms with Gasteiger partial charge in [-0.15, -0.1) is 12.4 Å². The first-order chi connectivity index (χ1) is 20.5. The minimum atomic E-state index is -3.76. The van der Waals surface area contributed by atoms with E-state index in [-0.39, 0.29) is 35.3 Å². The second kappa shape index (κ2) is 18.9. The number of aromatic nitrogens is 5. The maximum Gasteiger partial charge on any atom is 0.261 e. The van der Waals surface area contributed by atoms with E-state index in [0.29, 0.717) is 29.2 Å². The number of nitrogens with two attached hydrogens (primary N) is 2. The minimum Gasteiger partial charge on any atom is -0.344 e. The van der Waals surface area contributed by atoms with Gasteiger partial charge in [0.25, 0.3) is 10.0 Å². The molecule has 2 aromatic heterocycles. The van der Waals surface area contributed by atoms with Gasteiger partial charge < -0.3 is 38.9 Å². The molecule has 0 bridgehead atoms. The van der Waals surface area contributed by atoms with Gasteiger partial charge >= 0.3 is 0 Å². The molecule has 0 amide bonds. The van der Waals surface area contributed by atoms with E-state index in [1.54, 1.807) is 42.6 Å². The van der Waals surface area contributed by atoms with Crippen LogP contribution >= 0.6 is 12.4 Å². The van der Waals surface area contributed by atoms with Crippen molar-refractivity contribution in [2.75, 3.05) is 60.1 Å². The van der Waals surface area contributed by atoms with Crippen LogP contribution in [0.4, 0.5) is 29.2 Å². The highest BCUT2D eigenvalue weighted by molar-refractivity contribution is 7.92. The van der Waals surface area contributed by atoms with Crippen molar-refractivity contribution < 1.29 is 14.1 Å². The Morgan fingerprint density at radius 1 is 0.756 bits per heavy atom. The number of nitrogens with one attached hydrogen (secondary N) is 3. The third-order valence-electron chi connectivity index (χ3n) is 7.00. The molecule has 0 unspecified atom stereocenters. The standard InChI is InChI=1S/C26H31N9O2S.2CH5N.ClH.2H3N.4H2/c36-38(37,33-21-8-7-19-18-27-32-23(19)17-21)22-11-9-20(10-12-22)28-24-29-25(34-13-3-1-4-14-34)31-26(30-24)35-15-5-2-6-16-35;2*1-2;;;;;;;/h7-12,17-18,33H,1-6,13-16H2,(H,27,32)(H,28,29,30,31);2*2H2,1H3;1H;2*1H3;4*1H. The predicted molar refractivity (Wildman–Crippen MR) is 195 cm³/mol. The average Bonchev–Trinajstić information content (AvgIpc) is 3.52. The van der Waals surface area contributed by atoms with Crippen molar-refractivity contribution in [2.24, 2.45) is 11.5 Å². The van der Waals surface area contributed by atoms with Crippen LogP contribution in [-0.2, 0) is 10.0 Å². The van der Waals surface area contributed by atoms with E-state index in [1.807, 2.05) is 6.07 Å². The summed E-state index contributed by atoms with van der Waals surface area (Å²) in [6.45, 7) is 3.76. The fourth-order valence-corrected chi connectivity index (χ4v) is 5.99. The van der Waals surface area contributed by atoms with Gasteiger partial charge in [-0.05, 0) is 95.1 Å². The summed E-state index contributed by atoms with van der Waals surface area (Å²) < 4.78 is 28.6. The topological polar surface area (TPSA) is 254 Å². The molecule has 2 saturated heterocycles. The van der Waals surface area contributed by atoms with Crippen molar-refractivity contribution in [1.29, 1.82) is 0 Å². The molecule has 45 heavy (non-hydrogen) atoms. The molecule has 2 aliphatic heterocycles. The first-order valence-electron chi connectivity index (χ1n) is 14.3. The van der Waals surface area contributed by atoms with E-state index in [2.05, 4.69) is 41.5 Å². The molecule has 258 valence electrons. The molecule has 0 aliphatic carbocycles. The average molecular weight is 674 g/mol. The molecule has 13 N–H and O–H groups in total. The number of nitrogens with zero attached hydrogens (tertiary/aromatic N) is 6. The SMILES string of the molecule is CN.CN.Cl.N.N.O=S(=O)(Nc1ccc2cn[nH]c2c1)c1ccc(Nc2nc(N3CCCCC3)nc(N3CCCCC3)n2)cc1.[HH].[HH].[HH].[HH]. The molecule has 2 fully saturated rings. The van der Waals surface area contributed by atoms with Gasteiger partial charge in [0.2, 0.25) is 17.8 Å². The maximum atomic E-state index is 13.0. The highest BCUT2D eigenvalue weighted by atomic mass is 35.5. The Balaban J connectivity index is -0.000000889. The van der Waals surface area contributed by atoms with Crippen LogP contribution in [0.3, 0.4) is 0 Å². The molecule has 0 spiro atoms. The van der Waals surface area contributed by atoms with Crippen LogP contribution in [0.25, 0.3) is 10.9 Å². The fourth-order valence-electron chi connectivity index (χ4n) is 4.94. The lowest BCUT2D eigenvalue weighted by atomic mass is 10.1. The molecule has 2 aliphatic rings. The number of fused-ring (bicyclic) bond motifs is 1. The summed E-state index contributed by atoms with van der Waals surface area (Å²) in [7, 11) is -0.764. The van der Waals surface area contributed by atoms with Gasteiger partial charge in [-0.3, -0.25) is 9.82 Å². The summed E-state index contributed by atoms with van der Waals surface area (Å²) in [5.41, 5.74) is 10.9. The second-order valence-corrected chi connectivity index (χ2v) is 11.5. The van der Waals surface area contributed by atoms with Gasteiger partial charge in [0.15, 0.2) is 0 Å². The van der Waals surface area contributed by atoms with Crippen molar-refractivity contribution in [1.82, 2.24) is 37.5 Å². The Kier molecular flexibility index (Phi) is 16.5. The number of piperidine rings is 2. The molecular weight excluding hydrogens is 618 g/mol. The largest absolute Gasteiger partial charge is 0.344 e. The van der Waals surface area contributed by atoms with Crippen molar-refractivity contribution in [3.63, 3.8) is 0 Å². The van der Waals surface area contributed by atoms with Crippen LogP contribution in [-0.4, -0.2) is 73.8 Å². The van der Waals surface area contributed by atoms with Crippen molar-refractivity contribution >= 4 is 62.6 Å². The Bertz CT molecular complexity index is 1510. The van der Waals surface area contributed by atoms with Gasteiger partial charge in [0, 0.05) is 43.0 Å². The zero-order valence-electron chi connectivity index (χ0n) is 26.1. The molecule has 2 aromatic carbocycles. The van der Waals surface area contributed by atoms with Crippen LogP contribution < -0.4 is 43.6 Å². The lowest BCUT2D eigenvalue weighted by Crippen LogP contribution is -2.34. The zero-order chi connectivity index (χ0) is 30.0. The van der Waals surface area contributed by atoms with E-state index in [1.165, 1.54) is 26.9 Å². The predicted octanol–water partition coefficient (Wildman–Crippen LogP) is 5.15. The highest BCUT2D eigenvalue weighted by Crippen LogP contribution is 2.25. The van der Waals surface area contributed by atoms with Crippen molar-refractivity contribution in [3.8, 4) is 0 Å². The van der Waals surface area contributed by atoms with E-state index in [4.69, 9.17) is 15.0 Å². The van der Waals surface area contributed by atoms with Gasteiger partial charge in [0.1, 0.15) is 0 Å². The molecule has 15 nitrogen and oxygen atoms in total. The fraction of sp³-hybridized carbons (Fsp3) is 0.429.